The van der Waals surface area contributed by atoms with Crippen LogP contribution in [0, 0.1) is 5.92 Å². The van der Waals surface area contributed by atoms with E-state index in [0.717, 1.165) is 48.5 Å². The summed E-state index contributed by atoms with van der Waals surface area (Å²) in [5.41, 5.74) is 7.45. The van der Waals surface area contributed by atoms with Gasteiger partial charge in [0.15, 0.2) is 5.82 Å². The van der Waals surface area contributed by atoms with Gasteiger partial charge in [0.1, 0.15) is 0 Å². The molecule has 1 saturated heterocycles. The highest BCUT2D eigenvalue weighted by Crippen LogP contribution is 2.28. The molecule has 0 saturated carbocycles. The number of halogens is 1. The Balaban J connectivity index is 1.80. The Morgan fingerprint density at radius 2 is 2.35 bits per heavy atom. The Morgan fingerprint density at radius 3 is 3.15 bits per heavy atom. The standard InChI is InChI=1S/C13H16BrN5O/c14-12-2-1-10(15)7-11(12)13-16-17-18-19(13)5-3-9-4-6-20-8-9/h1-2,7,9H,3-6,8,15H2. The third-order valence-electron chi connectivity index (χ3n) is 3.54. The summed E-state index contributed by atoms with van der Waals surface area (Å²) in [5, 5.41) is 12.0. The van der Waals surface area contributed by atoms with E-state index < -0.39 is 0 Å². The van der Waals surface area contributed by atoms with Crippen LogP contribution in [0.25, 0.3) is 11.4 Å². The Hall–Kier alpha value is -1.47. The number of rotatable bonds is 4. The molecule has 1 aliphatic heterocycles. The molecule has 1 atom stereocenters. The second-order valence-electron chi connectivity index (χ2n) is 4.98. The van der Waals surface area contributed by atoms with E-state index >= 15 is 0 Å². The molecule has 2 N–H and O–H groups in total. The number of anilines is 1. The molecular weight excluding hydrogens is 322 g/mol. The highest BCUT2D eigenvalue weighted by atomic mass is 79.9. The molecule has 1 aromatic carbocycles. The Kier molecular flexibility index (Phi) is 3.98. The molecule has 2 aromatic rings. The maximum absolute atomic E-state index is 5.84. The van der Waals surface area contributed by atoms with Crippen LogP contribution in [0.3, 0.4) is 0 Å². The van der Waals surface area contributed by atoms with E-state index in [2.05, 4.69) is 31.5 Å². The summed E-state index contributed by atoms with van der Waals surface area (Å²) in [6.45, 7) is 2.50. The van der Waals surface area contributed by atoms with E-state index in [-0.39, 0.29) is 0 Å². The lowest BCUT2D eigenvalue weighted by Crippen LogP contribution is -2.09. The number of hydrogen-bond acceptors (Lipinski definition) is 5. The van der Waals surface area contributed by atoms with E-state index in [1.54, 1.807) is 0 Å². The lowest BCUT2D eigenvalue weighted by Gasteiger charge is -2.09. The number of nitrogens with zero attached hydrogens (tertiary/aromatic N) is 4. The van der Waals surface area contributed by atoms with Gasteiger partial charge in [-0.15, -0.1) is 5.10 Å². The van der Waals surface area contributed by atoms with E-state index in [1.807, 2.05) is 22.9 Å². The van der Waals surface area contributed by atoms with Crippen LogP contribution in [0.1, 0.15) is 12.8 Å². The fourth-order valence-corrected chi connectivity index (χ4v) is 2.80. The van der Waals surface area contributed by atoms with Crippen molar-refractivity contribution in [2.24, 2.45) is 5.92 Å². The smallest absolute Gasteiger partial charge is 0.183 e. The number of ether oxygens (including phenoxy) is 1. The van der Waals surface area contributed by atoms with Crippen molar-refractivity contribution in [2.75, 3.05) is 18.9 Å². The Bertz CT molecular complexity index is 594. The molecule has 0 amide bonds. The lowest BCUT2D eigenvalue weighted by molar-refractivity contribution is 0.183. The van der Waals surface area contributed by atoms with E-state index in [1.165, 1.54) is 0 Å². The molecule has 0 spiro atoms. The summed E-state index contributed by atoms with van der Waals surface area (Å²) in [4.78, 5) is 0. The lowest BCUT2D eigenvalue weighted by atomic mass is 10.1. The SMILES string of the molecule is Nc1ccc(Br)c(-c2nnnn2CCC2CCOC2)c1. The average Bonchev–Trinajstić information content (AvgIpc) is 3.09. The van der Waals surface area contributed by atoms with Gasteiger partial charge in [0.25, 0.3) is 0 Å². The zero-order valence-electron chi connectivity index (χ0n) is 11.0. The summed E-state index contributed by atoms with van der Waals surface area (Å²) in [6.07, 6.45) is 2.15. The fraction of sp³-hybridized carbons (Fsp3) is 0.462. The number of aromatic nitrogens is 4. The van der Waals surface area contributed by atoms with Crippen LogP contribution in [0.15, 0.2) is 22.7 Å². The minimum atomic E-state index is 0.608. The van der Waals surface area contributed by atoms with Crippen LogP contribution in [-0.4, -0.2) is 33.4 Å². The number of nitrogen functional groups attached to an aromatic ring is 1. The number of tetrazole rings is 1. The molecular formula is C13H16BrN5O. The predicted molar refractivity (Wildman–Crippen MR) is 78.9 cm³/mol. The highest BCUT2D eigenvalue weighted by molar-refractivity contribution is 9.10. The molecule has 6 nitrogen and oxygen atoms in total. The monoisotopic (exact) mass is 337 g/mol. The molecule has 1 aromatic heterocycles. The molecule has 2 heterocycles. The van der Waals surface area contributed by atoms with E-state index in [4.69, 9.17) is 10.5 Å². The largest absolute Gasteiger partial charge is 0.399 e. The second-order valence-corrected chi connectivity index (χ2v) is 5.84. The average molecular weight is 338 g/mol. The van der Waals surface area contributed by atoms with Gasteiger partial charge in [-0.3, -0.25) is 0 Å². The molecule has 1 aliphatic rings. The summed E-state index contributed by atoms with van der Waals surface area (Å²) < 4.78 is 8.16. The van der Waals surface area contributed by atoms with Gasteiger partial charge in [0.05, 0.1) is 0 Å². The van der Waals surface area contributed by atoms with Crippen LogP contribution in [0.2, 0.25) is 0 Å². The van der Waals surface area contributed by atoms with Crippen molar-refractivity contribution in [3.05, 3.63) is 22.7 Å². The summed E-state index contributed by atoms with van der Waals surface area (Å²) >= 11 is 3.52. The van der Waals surface area contributed by atoms with Crippen molar-refractivity contribution < 1.29 is 4.74 Å². The van der Waals surface area contributed by atoms with Gasteiger partial charge >= 0.3 is 0 Å². The summed E-state index contributed by atoms with van der Waals surface area (Å²) in [5.74, 6) is 1.35. The van der Waals surface area contributed by atoms with Crippen molar-refractivity contribution in [2.45, 2.75) is 19.4 Å². The van der Waals surface area contributed by atoms with Gasteiger partial charge in [-0.1, -0.05) is 15.9 Å². The van der Waals surface area contributed by atoms with Crippen molar-refractivity contribution >= 4 is 21.6 Å². The number of nitrogens with two attached hydrogens (primary N) is 1. The van der Waals surface area contributed by atoms with Crippen LogP contribution < -0.4 is 5.73 Å². The van der Waals surface area contributed by atoms with Gasteiger partial charge in [-0.25, -0.2) is 4.68 Å². The van der Waals surface area contributed by atoms with E-state index in [9.17, 15) is 0 Å². The fourth-order valence-electron chi connectivity index (χ4n) is 2.38. The van der Waals surface area contributed by atoms with Crippen molar-refractivity contribution in [1.29, 1.82) is 0 Å². The number of aryl methyl sites for hydroxylation is 1. The molecule has 0 aliphatic carbocycles. The minimum absolute atomic E-state index is 0.608. The molecule has 0 bridgehead atoms. The molecule has 7 heteroatoms. The maximum atomic E-state index is 5.84. The first-order chi connectivity index (χ1) is 9.74. The molecule has 0 radical (unpaired) electrons. The first-order valence-electron chi connectivity index (χ1n) is 6.63. The van der Waals surface area contributed by atoms with Gasteiger partial charge in [0, 0.05) is 35.5 Å². The molecule has 20 heavy (non-hydrogen) atoms. The maximum Gasteiger partial charge on any atom is 0.183 e. The van der Waals surface area contributed by atoms with Gasteiger partial charge in [-0.2, -0.15) is 0 Å². The molecule has 3 rings (SSSR count). The van der Waals surface area contributed by atoms with Crippen LogP contribution in [0.4, 0.5) is 5.69 Å². The first kappa shape index (κ1) is 13.5. The Labute approximate surface area is 125 Å². The van der Waals surface area contributed by atoms with Gasteiger partial charge < -0.3 is 10.5 Å². The van der Waals surface area contributed by atoms with Gasteiger partial charge in [0.2, 0.25) is 0 Å². The third-order valence-corrected chi connectivity index (χ3v) is 4.23. The van der Waals surface area contributed by atoms with Crippen LogP contribution in [-0.2, 0) is 11.3 Å². The summed E-state index contributed by atoms with van der Waals surface area (Å²) in [7, 11) is 0. The van der Waals surface area contributed by atoms with Crippen LogP contribution >= 0.6 is 15.9 Å². The second kappa shape index (κ2) is 5.88. The zero-order chi connectivity index (χ0) is 13.9. The number of benzene rings is 1. The van der Waals surface area contributed by atoms with Crippen molar-refractivity contribution in [3.8, 4) is 11.4 Å². The molecule has 1 fully saturated rings. The van der Waals surface area contributed by atoms with Crippen LogP contribution in [0.5, 0.6) is 0 Å². The molecule has 106 valence electrons. The Morgan fingerprint density at radius 1 is 1.45 bits per heavy atom. The number of hydrogen-bond donors (Lipinski definition) is 1. The van der Waals surface area contributed by atoms with E-state index in [0.29, 0.717) is 11.6 Å². The third kappa shape index (κ3) is 2.83. The topological polar surface area (TPSA) is 78.9 Å². The zero-order valence-corrected chi connectivity index (χ0v) is 12.6. The quantitative estimate of drug-likeness (QED) is 0.864. The normalized spacial score (nSPS) is 18.6. The first-order valence-corrected chi connectivity index (χ1v) is 7.42. The predicted octanol–water partition coefficient (Wildman–Crippen LogP) is 2.11. The van der Waals surface area contributed by atoms with Crippen molar-refractivity contribution in [1.82, 2.24) is 20.2 Å². The highest BCUT2D eigenvalue weighted by Gasteiger charge is 2.18. The van der Waals surface area contributed by atoms with Crippen molar-refractivity contribution in [3.63, 3.8) is 0 Å². The minimum Gasteiger partial charge on any atom is -0.399 e. The molecule has 1 unspecified atom stereocenters. The van der Waals surface area contributed by atoms with Gasteiger partial charge in [-0.05, 0) is 47.4 Å². The summed E-state index contributed by atoms with van der Waals surface area (Å²) in [6, 6.07) is 5.64.